The van der Waals surface area contributed by atoms with Gasteiger partial charge in [-0.1, -0.05) is 6.92 Å². The summed E-state index contributed by atoms with van der Waals surface area (Å²) in [4.78, 5) is 2.28. The second-order valence-corrected chi connectivity index (χ2v) is 3.55. The van der Waals surface area contributed by atoms with E-state index in [9.17, 15) is 5.11 Å². The molecule has 1 aliphatic heterocycles. The molecule has 1 saturated heterocycles. The molecular weight excluding hydrogens is 154 g/mol. The van der Waals surface area contributed by atoms with E-state index in [0.29, 0.717) is 6.04 Å². The normalized spacial score (nSPS) is 34.0. The van der Waals surface area contributed by atoms with Crippen LogP contribution >= 0.6 is 0 Å². The summed E-state index contributed by atoms with van der Waals surface area (Å²) in [5.74, 6) is 0. The molecule has 1 heterocycles. The molecule has 3 heteroatoms. The summed E-state index contributed by atoms with van der Waals surface area (Å²) in [5, 5.41) is 9.54. The number of hydrogen-bond donors (Lipinski definition) is 1. The molecule has 3 atom stereocenters. The minimum Gasteiger partial charge on any atom is -0.389 e. The van der Waals surface area contributed by atoms with Gasteiger partial charge < -0.3 is 9.84 Å². The van der Waals surface area contributed by atoms with Crippen molar-refractivity contribution in [3.8, 4) is 0 Å². The summed E-state index contributed by atoms with van der Waals surface area (Å²) in [7, 11) is 1.66. The van der Waals surface area contributed by atoms with Crippen molar-refractivity contribution >= 4 is 0 Å². The fourth-order valence-corrected chi connectivity index (χ4v) is 1.63. The maximum Gasteiger partial charge on any atom is 0.0969 e. The fraction of sp³-hybridized carbons (Fsp3) is 1.00. The Bertz CT molecular complexity index is 140. The van der Waals surface area contributed by atoms with Gasteiger partial charge in [0.1, 0.15) is 0 Å². The van der Waals surface area contributed by atoms with Crippen LogP contribution in [0.25, 0.3) is 0 Å². The van der Waals surface area contributed by atoms with E-state index < -0.39 is 0 Å². The standard InChI is InChI=1S/C9H19NO2/c1-4-7(2)10-5-8(11)9(6-10)12-3/h7-9,11H,4-6H2,1-3H3/t7?,8-,9-/m1/s1. The predicted octanol–water partition coefficient (Wildman–Crippen LogP) is 0.476. The number of rotatable bonds is 3. The van der Waals surface area contributed by atoms with Gasteiger partial charge >= 0.3 is 0 Å². The Morgan fingerprint density at radius 3 is 2.67 bits per heavy atom. The predicted molar refractivity (Wildman–Crippen MR) is 48.1 cm³/mol. The number of likely N-dealkylation sites (tertiary alicyclic amines) is 1. The number of ether oxygens (including phenoxy) is 1. The van der Waals surface area contributed by atoms with E-state index in [-0.39, 0.29) is 12.2 Å². The Balaban J connectivity index is 2.42. The number of β-amino-alcohol motifs (C(OH)–C–C–N with tert-alkyl or cyclic N) is 1. The lowest BCUT2D eigenvalue weighted by atomic mass is 10.2. The Morgan fingerprint density at radius 2 is 2.25 bits per heavy atom. The topological polar surface area (TPSA) is 32.7 Å². The molecule has 0 saturated carbocycles. The summed E-state index contributed by atoms with van der Waals surface area (Å²) >= 11 is 0. The maximum absolute atomic E-state index is 9.54. The largest absolute Gasteiger partial charge is 0.389 e. The molecular formula is C9H19NO2. The van der Waals surface area contributed by atoms with Gasteiger partial charge in [0.25, 0.3) is 0 Å². The van der Waals surface area contributed by atoms with Crippen molar-refractivity contribution in [1.29, 1.82) is 0 Å². The smallest absolute Gasteiger partial charge is 0.0969 e. The van der Waals surface area contributed by atoms with E-state index in [1.54, 1.807) is 7.11 Å². The highest BCUT2D eigenvalue weighted by Gasteiger charge is 2.32. The quantitative estimate of drug-likeness (QED) is 0.673. The van der Waals surface area contributed by atoms with E-state index >= 15 is 0 Å². The molecule has 0 aromatic carbocycles. The zero-order valence-electron chi connectivity index (χ0n) is 8.16. The van der Waals surface area contributed by atoms with Crippen molar-refractivity contribution in [3.63, 3.8) is 0 Å². The van der Waals surface area contributed by atoms with E-state index in [2.05, 4.69) is 18.7 Å². The maximum atomic E-state index is 9.54. The monoisotopic (exact) mass is 173 g/mol. The second kappa shape index (κ2) is 4.21. The third kappa shape index (κ3) is 1.97. The Labute approximate surface area is 74.3 Å². The molecule has 1 unspecified atom stereocenters. The molecule has 3 nitrogen and oxygen atoms in total. The molecule has 1 rings (SSSR count). The molecule has 12 heavy (non-hydrogen) atoms. The Morgan fingerprint density at radius 1 is 1.58 bits per heavy atom. The summed E-state index contributed by atoms with van der Waals surface area (Å²) in [6.07, 6.45) is 0.839. The van der Waals surface area contributed by atoms with Gasteiger partial charge in [-0.2, -0.15) is 0 Å². The minimum atomic E-state index is -0.302. The van der Waals surface area contributed by atoms with Crippen molar-refractivity contribution in [2.75, 3.05) is 20.2 Å². The number of aliphatic hydroxyl groups excluding tert-OH is 1. The van der Waals surface area contributed by atoms with Crippen LogP contribution in [0.4, 0.5) is 0 Å². The third-order valence-corrected chi connectivity index (χ3v) is 2.78. The minimum absolute atomic E-state index is 0.0130. The Hall–Kier alpha value is -0.120. The van der Waals surface area contributed by atoms with Gasteiger partial charge in [0.2, 0.25) is 0 Å². The van der Waals surface area contributed by atoms with Crippen LogP contribution in [0.2, 0.25) is 0 Å². The van der Waals surface area contributed by atoms with Crippen molar-refractivity contribution in [3.05, 3.63) is 0 Å². The molecule has 0 aromatic rings. The molecule has 72 valence electrons. The van der Waals surface area contributed by atoms with Crippen molar-refractivity contribution < 1.29 is 9.84 Å². The van der Waals surface area contributed by atoms with Gasteiger partial charge in [0, 0.05) is 26.2 Å². The Kier molecular flexibility index (Phi) is 3.50. The lowest BCUT2D eigenvalue weighted by Crippen LogP contribution is -2.31. The molecule has 0 amide bonds. The van der Waals surface area contributed by atoms with Gasteiger partial charge in [-0.15, -0.1) is 0 Å². The zero-order chi connectivity index (χ0) is 9.14. The SMILES string of the molecule is CCC(C)N1C[C@@H](O)[C@H](OC)C1. The van der Waals surface area contributed by atoms with E-state index in [4.69, 9.17) is 4.74 Å². The van der Waals surface area contributed by atoms with Crippen molar-refractivity contribution in [2.24, 2.45) is 0 Å². The lowest BCUT2D eigenvalue weighted by molar-refractivity contribution is 0.0214. The van der Waals surface area contributed by atoms with Gasteiger partial charge in [-0.3, -0.25) is 4.90 Å². The van der Waals surface area contributed by atoms with E-state index in [1.807, 2.05) is 0 Å². The first-order valence-corrected chi connectivity index (χ1v) is 4.64. The fourth-order valence-electron chi connectivity index (χ4n) is 1.63. The molecule has 0 aliphatic carbocycles. The lowest BCUT2D eigenvalue weighted by Gasteiger charge is -2.22. The highest BCUT2D eigenvalue weighted by Crippen LogP contribution is 2.16. The number of methoxy groups -OCH3 is 1. The van der Waals surface area contributed by atoms with Crippen LogP contribution in [0, 0.1) is 0 Å². The van der Waals surface area contributed by atoms with Gasteiger partial charge in [-0.25, -0.2) is 0 Å². The number of hydrogen-bond acceptors (Lipinski definition) is 3. The molecule has 0 bridgehead atoms. The third-order valence-electron chi connectivity index (χ3n) is 2.78. The summed E-state index contributed by atoms with van der Waals surface area (Å²) in [6, 6.07) is 0.555. The summed E-state index contributed by atoms with van der Waals surface area (Å²) in [6.45, 7) is 5.97. The number of nitrogens with zero attached hydrogens (tertiary/aromatic N) is 1. The van der Waals surface area contributed by atoms with Gasteiger partial charge in [0.05, 0.1) is 12.2 Å². The van der Waals surface area contributed by atoms with E-state index in [1.165, 1.54) is 0 Å². The molecule has 1 N–H and O–H groups in total. The van der Waals surface area contributed by atoms with Crippen LogP contribution in [0.3, 0.4) is 0 Å². The van der Waals surface area contributed by atoms with Crippen molar-refractivity contribution in [2.45, 2.75) is 38.5 Å². The van der Waals surface area contributed by atoms with Gasteiger partial charge in [0.15, 0.2) is 0 Å². The molecule has 0 spiro atoms. The highest BCUT2D eigenvalue weighted by atomic mass is 16.5. The average Bonchev–Trinajstić information content (AvgIpc) is 2.45. The first-order valence-electron chi connectivity index (χ1n) is 4.64. The molecule has 0 aromatic heterocycles. The summed E-state index contributed by atoms with van der Waals surface area (Å²) < 4.78 is 5.16. The van der Waals surface area contributed by atoms with Crippen LogP contribution < -0.4 is 0 Å². The van der Waals surface area contributed by atoms with Crippen molar-refractivity contribution in [1.82, 2.24) is 4.90 Å². The molecule has 0 radical (unpaired) electrons. The van der Waals surface area contributed by atoms with E-state index in [0.717, 1.165) is 19.5 Å². The van der Waals surface area contributed by atoms with Crippen LogP contribution in [0.5, 0.6) is 0 Å². The highest BCUT2D eigenvalue weighted by molar-refractivity contribution is 4.86. The average molecular weight is 173 g/mol. The van der Waals surface area contributed by atoms with Crippen LogP contribution in [0.1, 0.15) is 20.3 Å². The second-order valence-electron chi connectivity index (χ2n) is 3.55. The first-order chi connectivity index (χ1) is 5.69. The number of aliphatic hydroxyl groups is 1. The van der Waals surface area contributed by atoms with Crippen LogP contribution in [0.15, 0.2) is 0 Å². The zero-order valence-corrected chi connectivity index (χ0v) is 8.16. The van der Waals surface area contributed by atoms with Gasteiger partial charge in [-0.05, 0) is 13.3 Å². The summed E-state index contributed by atoms with van der Waals surface area (Å²) in [5.41, 5.74) is 0. The molecule has 1 aliphatic rings. The van der Waals surface area contributed by atoms with Crippen LogP contribution in [-0.4, -0.2) is 48.5 Å². The van der Waals surface area contributed by atoms with Crippen LogP contribution in [-0.2, 0) is 4.74 Å². The molecule has 1 fully saturated rings. The first kappa shape index (κ1) is 9.96.